The Bertz CT molecular complexity index is 1270. The average molecular weight is 411 g/mol. The van der Waals surface area contributed by atoms with Crippen molar-refractivity contribution in [3.8, 4) is 16.8 Å². The van der Waals surface area contributed by atoms with Gasteiger partial charge in [-0.05, 0) is 47.0 Å². The van der Waals surface area contributed by atoms with Crippen LogP contribution in [-0.2, 0) is 6.42 Å². The third-order valence-electron chi connectivity index (χ3n) is 5.16. The first-order chi connectivity index (χ1) is 15.0. The minimum absolute atomic E-state index is 0.175. The second-order valence-corrected chi connectivity index (χ2v) is 7.34. The number of rotatable bonds is 6. The zero-order chi connectivity index (χ0) is 21.8. The third kappa shape index (κ3) is 4.49. The first-order valence-corrected chi connectivity index (χ1v) is 9.90. The molecule has 0 aliphatic carbocycles. The summed E-state index contributed by atoms with van der Waals surface area (Å²) < 4.78 is 1.73. The smallest absolute Gasteiger partial charge is 0.211 e. The Balaban J connectivity index is 1.77. The van der Waals surface area contributed by atoms with E-state index in [1.54, 1.807) is 10.8 Å². The van der Waals surface area contributed by atoms with E-state index in [0.717, 1.165) is 22.5 Å². The highest BCUT2D eigenvalue weighted by molar-refractivity contribution is 5.66. The maximum absolute atomic E-state index is 12.3. The summed E-state index contributed by atoms with van der Waals surface area (Å²) in [6.07, 6.45) is 2.37. The van der Waals surface area contributed by atoms with Crippen molar-refractivity contribution in [2.45, 2.75) is 19.4 Å². The number of aliphatic hydroxyl groups excluding tert-OH is 1. The molecule has 0 saturated carbocycles. The molecular weight excluding hydrogens is 390 g/mol. The Kier molecular flexibility index (Phi) is 5.82. The molecular formula is C25H21N3O3. The summed E-state index contributed by atoms with van der Waals surface area (Å²) in [4.78, 5) is 27.7. The lowest BCUT2D eigenvalue weighted by Gasteiger charge is -2.18. The van der Waals surface area contributed by atoms with E-state index in [4.69, 9.17) is 0 Å². The van der Waals surface area contributed by atoms with Crippen molar-refractivity contribution in [2.24, 2.45) is 5.18 Å². The molecule has 0 aliphatic rings. The van der Waals surface area contributed by atoms with Crippen LogP contribution < -0.4 is 5.43 Å². The number of nitroso groups, excluding NO2 is 1. The van der Waals surface area contributed by atoms with Crippen molar-refractivity contribution < 1.29 is 5.11 Å². The van der Waals surface area contributed by atoms with Gasteiger partial charge < -0.3 is 9.67 Å². The van der Waals surface area contributed by atoms with Crippen LogP contribution in [0.15, 0.2) is 95.2 Å². The van der Waals surface area contributed by atoms with E-state index in [9.17, 15) is 14.8 Å². The van der Waals surface area contributed by atoms with E-state index >= 15 is 0 Å². The maximum atomic E-state index is 12.3. The summed E-state index contributed by atoms with van der Waals surface area (Å²) in [6, 6.07) is 22.7. The first-order valence-electron chi connectivity index (χ1n) is 9.90. The Morgan fingerprint density at radius 1 is 1.00 bits per heavy atom. The quantitative estimate of drug-likeness (QED) is 0.458. The molecule has 0 amide bonds. The fourth-order valence-electron chi connectivity index (χ4n) is 3.49. The minimum Gasteiger partial charge on any atom is -0.388 e. The van der Waals surface area contributed by atoms with Crippen molar-refractivity contribution in [1.82, 2.24) is 9.55 Å². The van der Waals surface area contributed by atoms with Gasteiger partial charge in [-0.25, -0.2) is 0 Å². The Hall–Kier alpha value is -3.90. The van der Waals surface area contributed by atoms with Gasteiger partial charge in [-0.1, -0.05) is 48.5 Å². The fourth-order valence-corrected chi connectivity index (χ4v) is 3.49. The molecule has 1 atom stereocenters. The summed E-state index contributed by atoms with van der Waals surface area (Å²) >= 11 is 0. The second-order valence-electron chi connectivity index (χ2n) is 7.34. The topological polar surface area (TPSA) is 84.5 Å². The van der Waals surface area contributed by atoms with Crippen molar-refractivity contribution in [2.75, 3.05) is 0 Å². The number of aliphatic hydroxyl groups is 1. The maximum Gasteiger partial charge on any atom is 0.211 e. The van der Waals surface area contributed by atoms with E-state index in [-0.39, 0.29) is 12.1 Å². The molecule has 2 aromatic carbocycles. The molecule has 0 fully saturated rings. The Morgan fingerprint density at radius 2 is 1.77 bits per heavy atom. The zero-order valence-corrected chi connectivity index (χ0v) is 17.0. The predicted molar refractivity (Wildman–Crippen MR) is 121 cm³/mol. The van der Waals surface area contributed by atoms with Gasteiger partial charge in [0.25, 0.3) is 0 Å². The summed E-state index contributed by atoms with van der Waals surface area (Å²) in [6.45, 7) is 1.87. The van der Waals surface area contributed by atoms with Crippen LogP contribution in [0.5, 0.6) is 0 Å². The summed E-state index contributed by atoms with van der Waals surface area (Å²) in [5, 5.41) is 13.6. The molecule has 4 rings (SSSR count). The third-order valence-corrected chi connectivity index (χ3v) is 5.16. The molecule has 6 nitrogen and oxygen atoms in total. The highest BCUT2D eigenvalue weighted by atomic mass is 16.3. The van der Waals surface area contributed by atoms with Gasteiger partial charge in [0, 0.05) is 42.0 Å². The monoisotopic (exact) mass is 411 g/mol. The van der Waals surface area contributed by atoms with Crippen molar-refractivity contribution in [1.29, 1.82) is 0 Å². The van der Waals surface area contributed by atoms with Crippen molar-refractivity contribution in [3.63, 3.8) is 0 Å². The highest BCUT2D eigenvalue weighted by Gasteiger charge is 2.15. The lowest BCUT2D eigenvalue weighted by molar-refractivity contribution is 0.176. The molecule has 154 valence electrons. The van der Waals surface area contributed by atoms with E-state index in [0.29, 0.717) is 11.3 Å². The van der Waals surface area contributed by atoms with Gasteiger partial charge in [0.1, 0.15) is 0 Å². The van der Waals surface area contributed by atoms with E-state index in [1.807, 2.05) is 73.7 Å². The summed E-state index contributed by atoms with van der Waals surface area (Å²) in [7, 11) is 0. The molecule has 2 aromatic heterocycles. The van der Waals surface area contributed by atoms with Gasteiger partial charge in [0.15, 0.2) is 5.69 Å². The van der Waals surface area contributed by atoms with Gasteiger partial charge in [0.05, 0.1) is 6.10 Å². The van der Waals surface area contributed by atoms with Crippen LogP contribution in [0, 0.1) is 11.8 Å². The minimum atomic E-state index is -0.855. The van der Waals surface area contributed by atoms with E-state index < -0.39 is 11.5 Å². The Morgan fingerprint density at radius 3 is 2.48 bits per heavy atom. The van der Waals surface area contributed by atoms with Crippen LogP contribution in [0.2, 0.25) is 0 Å². The van der Waals surface area contributed by atoms with Crippen molar-refractivity contribution in [3.05, 3.63) is 117 Å². The van der Waals surface area contributed by atoms with Crippen LogP contribution in [-0.4, -0.2) is 14.7 Å². The molecule has 1 unspecified atom stereocenters. The van der Waals surface area contributed by atoms with Crippen LogP contribution in [0.25, 0.3) is 16.8 Å². The molecule has 0 spiro atoms. The largest absolute Gasteiger partial charge is 0.388 e. The summed E-state index contributed by atoms with van der Waals surface area (Å²) in [5.41, 5.74) is 4.21. The van der Waals surface area contributed by atoms with Crippen LogP contribution >= 0.6 is 0 Å². The van der Waals surface area contributed by atoms with Gasteiger partial charge in [-0.15, -0.1) is 4.91 Å². The van der Waals surface area contributed by atoms with E-state index in [2.05, 4.69) is 10.2 Å². The van der Waals surface area contributed by atoms with Gasteiger partial charge in [-0.2, -0.15) is 0 Å². The molecule has 2 heterocycles. The number of pyridine rings is 2. The standard InChI is InChI=1S/C25H21N3O3/c1-17-10-11-20(15-26-17)24(29)13-22-14-25(30)23(27-31)16-28(22)21-9-5-8-19(12-21)18-6-3-2-4-7-18/h2-12,14-16,24,29H,13H2,1H3. The molecule has 31 heavy (non-hydrogen) atoms. The lowest BCUT2D eigenvalue weighted by atomic mass is 10.0. The number of hydrogen-bond acceptors (Lipinski definition) is 5. The number of nitrogens with zero attached hydrogens (tertiary/aromatic N) is 3. The second kappa shape index (κ2) is 8.85. The van der Waals surface area contributed by atoms with Gasteiger partial charge in [-0.3, -0.25) is 9.78 Å². The van der Waals surface area contributed by atoms with Crippen LogP contribution in [0.1, 0.15) is 23.1 Å². The molecule has 4 aromatic rings. The summed E-state index contributed by atoms with van der Waals surface area (Å²) in [5.74, 6) is 0. The number of aryl methyl sites for hydroxylation is 1. The normalized spacial score (nSPS) is 11.8. The predicted octanol–water partition coefficient (Wildman–Crippen LogP) is 4.88. The van der Waals surface area contributed by atoms with E-state index in [1.165, 1.54) is 12.3 Å². The Labute approximate surface area is 179 Å². The molecule has 0 bridgehead atoms. The zero-order valence-electron chi connectivity index (χ0n) is 17.0. The lowest BCUT2D eigenvalue weighted by Crippen LogP contribution is -2.14. The van der Waals surface area contributed by atoms with Gasteiger partial charge >= 0.3 is 0 Å². The molecule has 1 N–H and O–H groups in total. The SMILES string of the molecule is Cc1ccc(C(O)Cc2cc(=O)c(N=O)cn2-c2cccc(-c3ccccc3)c2)cn1. The molecule has 0 aliphatic heterocycles. The first kappa shape index (κ1) is 20.4. The molecule has 0 radical (unpaired) electrons. The van der Waals surface area contributed by atoms with Gasteiger partial charge in [0.2, 0.25) is 5.43 Å². The molecule has 0 saturated heterocycles. The van der Waals surface area contributed by atoms with Crippen LogP contribution in [0.3, 0.4) is 0 Å². The van der Waals surface area contributed by atoms with Crippen LogP contribution in [0.4, 0.5) is 5.69 Å². The number of benzene rings is 2. The number of hydrogen-bond donors (Lipinski definition) is 1. The highest BCUT2D eigenvalue weighted by Crippen LogP contribution is 2.25. The fraction of sp³-hybridized carbons (Fsp3) is 0.120. The van der Waals surface area contributed by atoms with Crippen molar-refractivity contribution >= 4 is 5.69 Å². The average Bonchev–Trinajstić information content (AvgIpc) is 2.80. The number of aromatic nitrogens is 2. The molecule has 6 heteroatoms.